The molecule has 1 unspecified atom stereocenters. The van der Waals surface area contributed by atoms with Crippen molar-refractivity contribution in [2.75, 3.05) is 7.05 Å². The quantitative estimate of drug-likeness (QED) is 0.703. The fourth-order valence-corrected chi connectivity index (χ4v) is 1.30. The van der Waals surface area contributed by atoms with E-state index in [0.29, 0.717) is 6.04 Å². The molecule has 0 bridgehead atoms. The first-order chi connectivity index (χ1) is 6.38. The number of pyridine rings is 1. The number of terminal acetylenes is 1. The Morgan fingerprint density at radius 2 is 2.23 bits per heavy atom. The lowest BCUT2D eigenvalue weighted by molar-refractivity contribution is 0.558. The zero-order valence-corrected chi connectivity index (χ0v) is 7.83. The number of hydrogen-bond donors (Lipinski definition) is 1. The lowest BCUT2D eigenvalue weighted by Crippen LogP contribution is -2.15. The van der Waals surface area contributed by atoms with Crippen LogP contribution in [0.2, 0.25) is 0 Å². The average Bonchev–Trinajstić information content (AvgIpc) is 2.21. The second-order valence-electron chi connectivity index (χ2n) is 2.86. The van der Waals surface area contributed by atoms with Gasteiger partial charge in [-0.25, -0.2) is 0 Å². The van der Waals surface area contributed by atoms with E-state index in [0.717, 1.165) is 12.8 Å². The molecule has 0 aliphatic heterocycles. The van der Waals surface area contributed by atoms with Crippen LogP contribution in [0.15, 0.2) is 24.5 Å². The van der Waals surface area contributed by atoms with Crippen molar-refractivity contribution in [1.29, 1.82) is 0 Å². The van der Waals surface area contributed by atoms with Crippen LogP contribution in [0.5, 0.6) is 0 Å². The predicted octanol–water partition coefficient (Wildman–Crippen LogP) is 1.76. The van der Waals surface area contributed by atoms with E-state index in [1.54, 1.807) is 12.4 Å². The van der Waals surface area contributed by atoms with Gasteiger partial charge < -0.3 is 5.32 Å². The van der Waals surface area contributed by atoms with E-state index in [1.807, 2.05) is 19.2 Å². The van der Waals surface area contributed by atoms with E-state index in [1.165, 1.54) is 5.56 Å². The van der Waals surface area contributed by atoms with Gasteiger partial charge in [0.1, 0.15) is 0 Å². The lowest BCUT2D eigenvalue weighted by atomic mass is 10.0. The Bertz CT molecular complexity index is 274. The highest BCUT2D eigenvalue weighted by Gasteiger charge is 2.06. The van der Waals surface area contributed by atoms with Crippen molar-refractivity contribution >= 4 is 0 Å². The third-order valence-corrected chi connectivity index (χ3v) is 2.03. The van der Waals surface area contributed by atoms with Gasteiger partial charge in [-0.15, -0.1) is 12.3 Å². The van der Waals surface area contributed by atoms with Gasteiger partial charge in [-0.2, -0.15) is 0 Å². The van der Waals surface area contributed by atoms with Gasteiger partial charge in [-0.3, -0.25) is 4.98 Å². The van der Waals surface area contributed by atoms with Crippen LogP contribution in [-0.2, 0) is 0 Å². The fraction of sp³-hybridized carbons (Fsp3) is 0.364. The predicted molar refractivity (Wildman–Crippen MR) is 54.1 cm³/mol. The Labute approximate surface area is 79.4 Å². The first-order valence-electron chi connectivity index (χ1n) is 4.39. The molecule has 13 heavy (non-hydrogen) atoms. The summed E-state index contributed by atoms with van der Waals surface area (Å²) in [6, 6.07) is 4.37. The van der Waals surface area contributed by atoms with Gasteiger partial charge in [-0.05, 0) is 31.2 Å². The van der Waals surface area contributed by atoms with Crippen molar-refractivity contribution in [2.45, 2.75) is 18.9 Å². The molecule has 0 saturated heterocycles. The highest BCUT2D eigenvalue weighted by Crippen LogP contribution is 2.16. The van der Waals surface area contributed by atoms with Crippen LogP contribution >= 0.6 is 0 Å². The topological polar surface area (TPSA) is 24.9 Å². The van der Waals surface area contributed by atoms with Crippen LogP contribution < -0.4 is 5.32 Å². The van der Waals surface area contributed by atoms with Crippen molar-refractivity contribution in [1.82, 2.24) is 10.3 Å². The number of nitrogens with one attached hydrogen (secondary N) is 1. The van der Waals surface area contributed by atoms with Crippen molar-refractivity contribution in [3.8, 4) is 12.3 Å². The van der Waals surface area contributed by atoms with E-state index in [4.69, 9.17) is 6.42 Å². The maximum absolute atomic E-state index is 5.22. The molecule has 1 rings (SSSR count). The molecule has 0 saturated carbocycles. The summed E-state index contributed by atoms with van der Waals surface area (Å²) in [6.45, 7) is 0. The summed E-state index contributed by atoms with van der Waals surface area (Å²) in [4.78, 5) is 3.97. The smallest absolute Gasteiger partial charge is 0.0327 e. The molecule has 1 heterocycles. The molecule has 0 aliphatic rings. The largest absolute Gasteiger partial charge is 0.313 e. The van der Waals surface area contributed by atoms with E-state index >= 15 is 0 Å². The third kappa shape index (κ3) is 2.89. The Morgan fingerprint density at radius 3 is 2.77 bits per heavy atom. The zero-order valence-electron chi connectivity index (χ0n) is 7.83. The second kappa shape index (κ2) is 5.34. The fourth-order valence-electron chi connectivity index (χ4n) is 1.30. The molecule has 0 fully saturated rings. The summed E-state index contributed by atoms with van der Waals surface area (Å²) in [5, 5.41) is 3.23. The third-order valence-electron chi connectivity index (χ3n) is 2.03. The molecule has 1 atom stereocenters. The summed E-state index contributed by atoms with van der Waals surface area (Å²) in [5.74, 6) is 2.65. The van der Waals surface area contributed by atoms with Crippen LogP contribution in [-0.4, -0.2) is 12.0 Å². The van der Waals surface area contributed by atoms with E-state index in [9.17, 15) is 0 Å². The van der Waals surface area contributed by atoms with Crippen LogP contribution in [0, 0.1) is 12.3 Å². The Hall–Kier alpha value is -1.33. The van der Waals surface area contributed by atoms with Gasteiger partial charge in [0.15, 0.2) is 0 Å². The summed E-state index contributed by atoms with van der Waals surface area (Å²) in [6.07, 6.45) is 10.6. The van der Waals surface area contributed by atoms with Crippen LogP contribution in [0.3, 0.4) is 0 Å². The lowest BCUT2D eigenvalue weighted by Gasteiger charge is -2.14. The number of aromatic nitrogens is 1. The molecule has 1 N–H and O–H groups in total. The summed E-state index contributed by atoms with van der Waals surface area (Å²) in [7, 11) is 1.95. The van der Waals surface area contributed by atoms with Gasteiger partial charge in [0, 0.05) is 24.9 Å². The Kier molecular flexibility index (Phi) is 4.01. The zero-order chi connectivity index (χ0) is 9.52. The monoisotopic (exact) mass is 174 g/mol. The minimum absolute atomic E-state index is 0.346. The summed E-state index contributed by atoms with van der Waals surface area (Å²) >= 11 is 0. The molecule has 1 aromatic rings. The average molecular weight is 174 g/mol. The van der Waals surface area contributed by atoms with Crippen molar-refractivity contribution in [3.05, 3.63) is 30.1 Å². The van der Waals surface area contributed by atoms with Crippen molar-refractivity contribution < 1.29 is 0 Å². The molecular formula is C11H14N2. The first-order valence-corrected chi connectivity index (χ1v) is 4.39. The SMILES string of the molecule is C#CCCC(NC)c1ccncc1. The van der Waals surface area contributed by atoms with Crippen LogP contribution in [0.25, 0.3) is 0 Å². The Morgan fingerprint density at radius 1 is 1.54 bits per heavy atom. The highest BCUT2D eigenvalue weighted by molar-refractivity contribution is 5.15. The van der Waals surface area contributed by atoms with Gasteiger partial charge in [0.05, 0.1) is 0 Å². The minimum Gasteiger partial charge on any atom is -0.313 e. The molecule has 0 aliphatic carbocycles. The summed E-state index contributed by atoms with van der Waals surface area (Å²) < 4.78 is 0. The minimum atomic E-state index is 0.346. The van der Waals surface area contributed by atoms with Crippen LogP contribution in [0.1, 0.15) is 24.4 Å². The van der Waals surface area contributed by atoms with Gasteiger partial charge in [0.25, 0.3) is 0 Å². The molecule has 0 aromatic carbocycles. The van der Waals surface area contributed by atoms with Gasteiger partial charge in [-0.1, -0.05) is 0 Å². The van der Waals surface area contributed by atoms with E-state index in [2.05, 4.69) is 16.2 Å². The van der Waals surface area contributed by atoms with Crippen molar-refractivity contribution in [2.24, 2.45) is 0 Å². The molecule has 0 amide bonds. The molecule has 1 aromatic heterocycles. The molecule has 68 valence electrons. The highest BCUT2D eigenvalue weighted by atomic mass is 14.9. The van der Waals surface area contributed by atoms with E-state index in [-0.39, 0.29) is 0 Å². The van der Waals surface area contributed by atoms with Gasteiger partial charge >= 0.3 is 0 Å². The maximum atomic E-state index is 5.22. The molecule has 0 spiro atoms. The van der Waals surface area contributed by atoms with Gasteiger partial charge in [0.2, 0.25) is 0 Å². The molecule has 2 nitrogen and oxygen atoms in total. The molecular weight excluding hydrogens is 160 g/mol. The normalized spacial score (nSPS) is 12.0. The maximum Gasteiger partial charge on any atom is 0.0327 e. The summed E-state index contributed by atoms with van der Waals surface area (Å²) in [5.41, 5.74) is 1.24. The Balaban J connectivity index is 2.63. The van der Waals surface area contributed by atoms with Crippen molar-refractivity contribution in [3.63, 3.8) is 0 Å². The van der Waals surface area contributed by atoms with Crippen LogP contribution in [0.4, 0.5) is 0 Å². The molecule has 2 heteroatoms. The standard InChI is InChI=1S/C11H14N2/c1-3-4-5-11(12-2)10-6-8-13-9-7-10/h1,6-9,11-12H,4-5H2,2H3. The number of rotatable bonds is 4. The second-order valence-corrected chi connectivity index (χ2v) is 2.86. The number of hydrogen-bond acceptors (Lipinski definition) is 2. The van der Waals surface area contributed by atoms with E-state index < -0.39 is 0 Å². The number of nitrogens with zero attached hydrogens (tertiary/aromatic N) is 1. The first kappa shape index (κ1) is 9.76. The molecule has 0 radical (unpaired) electrons.